The standard InChI is InChI=1S/C10H17N3O2/c1-4-5-6-13-10(8(2)15-3)9(7-14)11-12-13/h7-8H,4-6H2,1-3H3. The van der Waals surface area contributed by atoms with Crippen molar-refractivity contribution in [3.05, 3.63) is 11.4 Å². The molecule has 0 radical (unpaired) electrons. The van der Waals surface area contributed by atoms with Crippen LogP contribution in [0.1, 0.15) is 49.0 Å². The lowest BCUT2D eigenvalue weighted by Crippen LogP contribution is -2.10. The SMILES string of the molecule is CCCCn1nnc(C=O)c1C(C)OC. The molecule has 0 aliphatic heterocycles. The molecule has 1 aromatic heterocycles. The van der Waals surface area contributed by atoms with Crippen LogP contribution in [0, 0.1) is 0 Å². The quantitative estimate of drug-likeness (QED) is 0.670. The van der Waals surface area contributed by atoms with E-state index in [1.807, 2.05) is 6.92 Å². The number of hydrogen-bond donors (Lipinski definition) is 0. The molecule has 0 spiro atoms. The minimum atomic E-state index is -0.156. The van der Waals surface area contributed by atoms with Crippen molar-refractivity contribution in [2.24, 2.45) is 0 Å². The number of methoxy groups -OCH3 is 1. The molecule has 0 amide bonds. The van der Waals surface area contributed by atoms with Crippen LogP contribution in [0.15, 0.2) is 0 Å². The summed E-state index contributed by atoms with van der Waals surface area (Å²) in [5.41, 5.74) is 1.14. The Hall–Kier alpha value is -1.23. The molecule has 0 aliphatic carbocycles. The van der Waals surface area contributed by atoms with Gasteiger partial charge in [-0.05, 0) is 13.3 Å². The van der Waals surface area contributed by atoms with E-state index >= 15 is 0 Å². The normalized spacial score (nSPS) is 12.7. The summed E-state index contributed by atoms with van der Waals surface area (Å²) < 4.78 is 6.95. The zero-order chi connectivity index (χ0) is 11.3. The summed E-state index contributed by atoms with van der Waals surface area (Å²) in [4.78, 5) is 10.8. The molecule has 1 rings (SSSR count). The molecule has 0 bridgehead atoms. The van der Waals surface area contributed by atoms with E-state index in [4.69, 9.17) is 4.74 Å². The molecule has 5 nitrogen and oxygen atoms in total. The topological polar surface area (TPSA) is 57.0 Å². The summed E-state index contributed by atoms with van der Waals surface area (Å²) in [6, 6.07) is 0. The number of unbranched alkanes of at least 4 members (excludes halogenated alkanes) is 1. The summed E-state index contributed by atoms with van der Waals surface area (Å²) >= 11 is 0. The predicted molar refractivity (Wildman–Crippen MR) is 55.7 cm³/mol. The third-order valence-electron chi connectivity index (χ3n) is 2.37. The lowest BCUT2D eigenvalue weighted by molar-refractivity contribution is 0.105. The first-order chi connectivity index (χ1) is 7.24. The Balaban J connectivity index is 2.94. The molecule has 1 unspecified atom stereocenters. The summed E-state index contributed by atoms with van der Waals surface area (Å²) in [6.07, 6.45) is 2.67. The van der Waals surface area contributed by atoms with E-state index in [0.29, 0.717) is 5.69 Å². The van der Waals surface area contributed by atoms with Gasteiger partial charge in [0.25, 0.3) is 0 Å². The van der Waals surface area contributed by atoms with Crippen LogP contribution in [0.3, 0.4) is 0 Å². The van der Waals surface area contributed by atoms with E-state index in [2.05, 4.69) is 17.2 Å². The first-order valence-electron chi connectivity index (χ1n) is 5.15. The second kappa shape index (κ2) is 5.60. The largest absolute Gasteiger partial charge is 0.375 e. The Labute approximate surface area is 89.4 Å². The Morgan fingerprint density at radius 3 is 2.87 bits per heavy atom. The van der Waals surface area contributed by atoms with Crippen LogP contribution in [0.4, 0.5) is 0 Å². The molecular weight excluding hydrogens is 194 g/mol. The Morgan fingerprint density at radius 2 is 2.33 bits per heavy atom. The average molecular weight is 211 g/mol. The summed E-state index contributed by atoms with van der Waals surface area (Å²) in [6.45, 7) is 4.77. The second-order valence-corrected chi connectivity index (χ2v) is 3.43. The predicted octanol–water partition coefficient (Wildman–Crippen LogP) is 1.60. The van der Waals surface area contributed by atoms with Gasteiger partial charge in [-0.3, -0.25) is 4.79 Å². The van der Waals surface area contributed by atoms with Gasteiger partial charge in [0.05, 0.1) is 11.8 Å². The van der Waals surface area contributed by atoms with Crippen molar-refractivity contribution in [3.63, 3.8) is 0 Å². The minimum Gasteiger partial charge on any atom is -0.375 e. The van der Waals surface area contributed by atoms with E-state index in [1.54, 1.807) is 11.8 Å². The zero-order valence-electron chi connectivity index (χ0n) is 9.43. The average Bonchev–Trinajstić information content (AvgIpc) is 2.68. The molecule has 0 saturated carbocycles. The van der Waals surface area contributed by atoms with Gasteiger partial charge in [-0.2, -0.15) is 0 Å². The van der Waals surface area contributed by atoms with Gasteiger partial charge in [0.1, 0.15) is 0 Å². The van der Waals surface area contributed by atoms with Gasteiger partial charge in [-0.15, -0.1) is 5.10 Å². The first-order valence-corrected chi connectivity index (χ1v) is 5.15. The lowest BCUT2D eigenvalue weighted by Gasteiger charge is -2.11. The van der Waals surface area contributed by atoms with Crippen LogP contribution < -0.4 is 0 Å². The van der Waals surface area contributed by atoms with Gasteiger partial charge < -0.3 is 4.74 Å². The molecule has 1 aromatic rings. The highest BCUT2D eigenvalue weighted by Crippen LogP contribution is 2.17. The zero-order valence-corrected chi connectivity index (χ0v) is 9.43. The summed E-state index contributed by atoms with van der Waals surface area (Å²) in [7, 11) is 1.61. The molecule has 5 heteroatoms. The summed E-state index contributed by atoms with van der Waals surface area (Å²) in [5.74, 6) is 0. The van der Waals surface area contributed by atoms with Crippen molar-refractivity contribution in [2.45, 2.75) is 39.3 Å². The number of nitrogens with zero attached hydrogens (tertiary/aromatic N) is 3. The number of carbonyl (C=O) groups is 1. The van der Waals surface area contributed by atoms with Crippen LogP contribution in [0.2, 0.25) is 0 Å². The lowest BCUT2D eigenvalue weighted by atomic mass is 10.2. The van der Waals surface area contributed by atoms with E-state index < -0.39 is 0 Å². The fourth-order valence-electron chi connectivity index (χ4n) is 1.42. The Bertz CT molecular complexity index is 322. The van der Waals surface area contributed by atoms with E-state index in [-0.39, 0.29) is 6.10 Å². The maximum atomic E-state index is 10.8. The minimum absolute atomic E-state index is 0.156. The monoisotopic (exact) mass is 211 g/mol. The number of rotatable bonds is 6. The number of hydrogen-bond acceptors (Lipinski definition) is 4. The van der Waals surface area contributed by atoms with Gasteiger partial charge in [-0.1, -0.05) is 18.6 Å². The van der Waals surface area contributed by atoms with E-state index in [1.165, 1.54) is 0 Å². The third-order valence-corrected chi connectivity index (χ3v) is 2.37. The summed E-state index contributed by atoms with van der Waals surface area (Å²) in [5, 5.41) is 7.77. The van der Waals surface area contributed by atoms with Crippen molar-refractivity contribution in [3.8, 4) is 0 Å². The van der Waals surface area contributed by atoms with Crippen molar-refractivity contribution in [2.75, 3.05) is 7.11 Å². The highest BCUT2D eigenvalue weighted by atomic mass is 16.5. The van der Waals surface area contributed by atoms with Crippen LogP contribution in [-0.2, 0) is 11.3 Å². The highest BCUT2D eigenvalue weighted by molar-refractivity contribution is 5.73. The maximum absolute atomic E-state index is 10.8. The van der Waals surface area contributed by atoms with Gasteiger partial charge in [0.15, 0.2) is 12.0 Å². The molecule has 15 heavy (non-hydrogen) atoms. The molecule has 0 N–H and O–H groups in total. The van der Waals surface area contributed by atoms with Crippen LogP contribution in [0.5, 0.6) is 0 Å². The van der Waals surface area contributed by atoms with Crippen LogP contribution >= 0.6 is 0 Å². The second-order valence-electron chi connectivity index (χ2n) is 3.43. The van der Waals surface area contributed by atoms with Gasteiger partial charge in [0, 0.05) is 13.7 Å². The molecule has 0 aromatic carbocycles. The molecular formula is C10H17N3O2. The van der Waals surface area contributed by atoms with Gasteiger partial charge in [-0.25, -0.2) is 4.68 Å². The van der Waals surface area contributed by atoms with Crippen molar-refractivity contribution in [1.82, 2.24) is 15.0 Å². The molecule has 84 valence electrons. The van der Waals surface area contributed by atoms with E-state index in [9.17, 15) is 4.79 Å². The van der Waals surface area contributed by atoms with Gasteiger partial charge in [0.2, 0.25) is 0 Å². The number of carbonyl (C=O) groups excluding carboxylic acids is 1. The molecule has 0 fully saturated rings. The number of ether oxygens (including phenoxy) is 1. The fourth-order valence-corrected chi connectivity index (χ4v) is 1.42. The maximum Gasteiger partial charge on any atom is 0.172 e. The van der Waals surface area contributed by atoms with Crippen LogP contribution in [-0.4, -0.2) is 28.4 Å². The Kier molecular flexibility index (Phi) is 4.42. The highest BCUT2D eigenvalue weighted by Gasteiger charge is 2.17. The molecule has 0 aliphatic rings. The fraction of sp³-hybridized carbons (Fsp3) is 0.700. The van der Waals surface area contributed by atoms with Crippen LogP contribution in [0.25, 0.3) is 0 Å². The third kappa shape index (κ3) is 2.62. The number of aryl methyl sites for hydroxylation is 1. The number of aromatic nitrogens is 3. The molecule has 0 saturated heterocycles. The van der Waals surface area contributed by atoms with E-state index in [0.717, 1.165) is 31.4 Å². The Morgan fingerprint density at radius 1 is 1.60 bits per heavy atom. The van der Waals surface area contributed by atoms with Crippen molar-refractivity contribution >= 4 is 6.29 Å². The number of aldehydes is 1. The van der Waals surface area contributed by atoms with Crippen molar-refractivity contribution < 1.29 is 9.53 Å². The first kappa shape index (κ1) is 11.8. The molecule has 1 atom stereocenters. The van der Waals surface area contributed by atoms with Crippen molar-refractivity contribution in [1.29, 1.82) is 0 Å². The van der Waals surface area contributed by atoms with Gasteiger partial charge >= 0.3 is 0 Å². The smallest absolute Gasteiger partial charge is 0.172 e. The molecule has 1 heterocycles.